The van der Waals surface area contributed by atoms with Crippen molar-refractivity contribution in [1.82, 2.24) is 9.88 Å². The van der Waals surface area contributed by atoms with E-state index in [1.165, 1.54) is 0 Å². The fraction of sp³-hybridized carbons (Fsp3) is 0.350. The van der Waals surface area contributed by atoms with E-state index in [4.69, 9.17) is 9.47 Å². The lowest BCUT2D eigenvalue weighted by molar-refractivity contribution is 0.0846. The first-order valence-electron chi connectivity index (χ1n) is 9.03. The summed E-state index contributed by atoms with van der Waals surface area (Å²) in [5.41, 5.74) is 2.03. The van der Waals surface area contributed by atoms with Crippen LogP contribution in [-0.4, -0.2) is 41.6 Å². The van der Waals surface area contributed by atoms with Crippen molar-refractivity contribution in [3.8, 4) is 11.5 Å². The van der Waals surface area contributed by atoms with Crippen molar-refractivity contribution in [2.24, 2.45) is 5.92 Å². The lowest BCUT2D eigenvalue weighted by Crippen LogP contribution is -2.44. The molecule has 0 radical (unpaired) electrons. The molecule has 1 saturated heterocycles. The molecule has 0 aliphatic carbocycles. The maximum atomic E-state index is 12.7. The van der Waals surface area contributed by atoms with Gasteiger partial charge in [-0.15, -0.1) is 0 Å². The highest BCUT2D eigenvalue weighted by molar-refractivity contribution is 5.97. The van der Waals surface area contributed by atoms with E-state index in [1.54, 1.807) is 35.4 Å². The Bertz CT molecular complexity index is 869. The van der Waals surface area contributed by atoms with Gasteiger partial charge in [0.15, 0.2) is 17.3 Å². The van der Waals surface area contributed by atoms with E-state index >= 15 is 0 Å². The topological polar surface area (TPSA) is 80.8 Å². The summed E-state index contributed by atoms with van der Waals surface area (Å²) in [4.78, 5) is 31.2. The zero-order chi connectivity index (χ0) is 18.8. The smallest absolute Gasteiger partial charge is 0.321 e. The first-order chi connectivity index (χ1) is 13.1. The van der Waals surface area contributed by atoms with Gasteiger partial charge < -0.3 is 19.7 Å². The third kappa shape index (κ3) is 3.58. The van der Waals surface area contributed by atoms with Gasteiger partial charge in [-0.3, -0.25) is 9.78 Å². The van der Waals surface area contributed by atoms with Crippen molar-refractivity contribution in [3.05, 3.63) is 47.8 Å². The molecule has 2 aromatic rings. The first kappa shape index (κ1) is 17.3. The molecule has 0 spiro atoms. The molecule has 7 nitrogen and oxygen atoms in total. The van der Waals surface area contributed by atoms with Crippen LogP contribution in [0.2, 0.25) is 0 Å². The van der Waals surface area contributed by atoms with Crippen LogP contribution in [0.5, 0.6) is 11.5 Å². The van der Waals surface area contributed by atoms with Gasteiger partial charge in [0.1, 0.15) is 5.69 Å². The number of hydrogen-bond donors (Lipinski definition) is 1. The van der Waals surface area contributed by atoms with Crippen molar-refractivity contribution in [3.63, 3.8) is 0 Å². The number of aryl methyl sites for hydroxylation is 1. The summed E-state index contributed by atoms with van der Waals surface area (Å²) in [6, 6.07) is 8.71. The molecular weight excluding hydrogens is 346 g/mol. The van der Waals surface area contributed by atoms with E-state index in [9.17, 15) is 9.59 Å². The number of nitrogens with zero attached hydrogens (tertiary/aromatic N) is 2. The summed E-state index contributed by atoms with van der Waals surface area (Å²) < 4.78 is 10.7. The molecule has 7 heteroatoms. The van der Waals surface area contributed by atoms with Crippen LogP contribution in [0.1, 0.15) is 28.9 Å². The number of ether oxygens (including phenoxy) is 2. The van der Waals surface area contributed by atoms with Crippen molar-refractivity contribution >= 4 is 17.5 Å². The van der Waals surface area contributed by atoms with E-state index in [0.717, 1.165) is 18.4 Å². The average molecular weight is 367 g/mol. The number of fused-ring (bicyclic) bond motifs is 1. The lowest BCUT2D eigenvalue weighted by atomic mass is 9.92. The predicted molar refractivity (Wildman–Crippen MR) is 99.2 cm³/mol. The number of hydrogen-bond acceptors (Lipinski definition) is 5. The van der Waals surface area contributed by atoms with Crippen LogP contribution in [0.15, 0.2) is 36.5 Å². The number of piperidine rings is 1. The summed E-state index contributed by atoms with van der Waals surface area (Å²) in [5, 5.41) is 2.93. The third-order valence-electron chi connectivity index (χ3n) is 4.96. The van der Waals surface area contributed by atoms with Crippen LogP contribution in [0, 0.1) is 12.8 Å². The molecular formula is C20H21N3O4. The molecule has 2 aliphatic heterocycles. The highest BCUT2D eigenvalue weighted by atomic mass is 16.7. The number of carbonyl (C=O) groups is 2. The minimum absolute atomic E-state index is 0.00707. The third-order valence-corrected chi connectivity index (χ3v) is 4.96. The summed E-state index contributed by atoms with van der Waals surface area (Å²) >= 11 is 0. The number of ketones is 1. The molecule has 4 rings (SSSR count). The van der Waals surface area contributed by atoms with Gasteiger partial charge in [0.2, 0.25) is 6.79 Å². The molecule has 1 N–H and O–H groups in total. The molecule has 3 heterocycles. The number of benzene rings is 1. The van der Waals surface area contributed by atoms with Crippen molar-refractivity contribution in [2.45, 2.75) is 19.8 Å². The Morgan fingerprint density at radius 3 is 2.81 bits per heavy atom. The number of amides is 2. The number of carbonyl (C=O) groups excluding carboxylic acids is 2. The molecule has 1 atom stereocenters. The highest BCUT2D eigenvalue weighted by Crippen LogP contribution is 2.36. The fourth-order valence-electron chi connectivity index (χ4n) is 3.47. The number of pyridine rings is 1. The molecule has 1 fully saturated rings. The summed E-state index contributed by atoms with van der Waals surface area (Å²) in [5.74, 6) is 1.08. The normalized spacial score (nSPS) is 18.3. The van der Waals surface area contributed by atoms with E-state index < -0.39 is 0 Å². The minimum atomic E-state index is -0.225. The maximum absolute atomic E-state index is 12.7. The predicted octanol–water partition coefficient (Wildman–Crippen LogP) is 3.25. The van der Waals surface area contributed by atoms with Gasteiger partial charge in [-0.2, -0.15) is 0 Å². The lowest BCUT2D eigenvalue weighted by Gasteiger charge is -2.32. The quantitative estimate of drug-likeness (QED) is 0.843. The highest BCUT2D eigenvalue weighted by Gasteiger charge is 2.30. The van der Waals surface area contributed by atoms with Gasteiger partial charge in [0.05, 0.1) is 0 Å². The standard InChI is InChI=1S/C20H21N3O4/c1-13-9-17-18(27-12-26-17)10-16(13)22-20(25)23-8-4-5-14(11-23)19(24)15-6-2-3-7-21-15/h2-3,6-7,9-10,14H,4-5,8,11-12H2,1H3,(H,22,25)/t14-/m0/s1. The Kier molecular flexibility index (Phi) is 4.66. The largest absolute Gasteiger partial charge is 0.454 e. The van der Waals surface area contributed by atoms with Gasteiger partial charge in [0, 0.05) is 37.0 Å². The monoisotopic (exact) mass is 367 g/mol. The minimum Gasteiger partial charge on any atom is -0.454 e. The van der Waals surface area contributed by atoms with Gasteiger partial charge in [-0.1, -0.05) is 6.07 Å². The van der Waals surface area contributed by atoms with Crippen LogP contribution in [0.25, 0.3) is 0 Å². The zero-order valence-corrected chi connectivity index (χ0v) is 15.1. The second-order valence-electron chi connectivity index (χ2n) is 6.81. The number of aromatic nitrogens is 1. The number of Topliss-reactive ketones (excluding diaryl/α,β-unsaturated/α-hetero) is 1. The number of urea groups is 1. The number of anilines is 1. The van der Waals surface area contributed by atoms with E-state index in [-0.39, 0.29) is 24.5 Å². The Balaban J connectivity index is 1.44. The maximum Gasteiger partial charge on any atom is 0.321 e. The molecule has 2 amide bonds. The van der Waals surface area contributed by atoms with Crippen LogP contribution in [0.3, 0.4) is 0 Å². The van der Waals surface area contributed by atoms with Crippen LogP contribution in [0.4, 0.5) is 10.5 Å². The van der Waals surface area contributed by atoms with Crippen molar-refractivity contribution < 1.29 is 19.1 Å². The van der Waals surface area contributed by atoms with Gasteiger partial charge in [0.25, 0.3) is 0 Å². The molecule has 1 aromatic heterocycles. The molecule has 0 bridgehead atoms. The number of likely N-dealkylation sites (tertiary alicyclic amines) is 1. The second kappa shape index (κ2) is 7.26. The van der Waals surface area contributed by atoms with E-state index in [1.807, 2.05) is 13.0 Å². The Hall–Kier alpha value is -3.09. The summed E-state index contributed by atoms with van der Waals surface area (Å²) in [7, 11) is 0. The fourth-order valence-corrected chi connectivity index (χ4v) is 3.47. The zero-order valence-electron chi connectivity index (χ0n) is 15.1. The molecule has 0 unspecified atom stereocenters. The van der Waals surface area contributed by atoms with Gasteiger partial charge in [-0.25, -0.2) is 4.79 Å². The Morgan fingerprint density at radius 1 is 1.22 bits per heavy atom. The molecule has 1 aromatic carbocycles. The van der Waals surface area contributed by atoms with Crippen molar-refractivity contribution in [2.75, 3.05) is 25.2 Å². The molecule has 0 saturated carbocycles. The summed E-state index contributed by atoms with van der Waals surface area (Å²) in [6.45, 7) is 3.11. The van der Waals surface area contributed by atoms with Crippen LogP contribution >= 0.6 is 0 Å². The second-order valence-corrected chi connectivity index (χ2v) is 6.81. The van der Waals surface area contributed by atoms with Crippen molar-refractivity contribution in [1.29, 1.82) is 0 Å². The first-order valence-corrected chi connectivity index (χ1v) is 9.03. The molecule has 140 valence electrons. The van der Waals surface area contributed by atoms with Gasteiger partial charge in [-0.05, 0) is 43.5 Å². The molecule has 2 aliphatic rings. The Labute approximate surface area is 157 Å². The average Bonchev–Trinajstić information content (AvgIpc) is 3.15. The SMILES string of the molecule is Cc1cc2c(cc1NC(=O)N1CCC[C@H](C(=O)c3ccccn3)C1)OCO2. The van der Waals surface area contributed by atoms with E-state index in [0.29, 0.717) is 36.0 Å². The van der Waals surface area contributed by atoms with Crippen LogP contribution < -0.4 is 14.8 Å². The number of rotatable bonds is 3. The summed E-state index contributed by atoms with van der Waals surface area (Å²) in [6.07, 6.45) is 3.17. The van der Waals surface area contributed by atoms with E-state index in [2.05, 4.69) is 10.3 Å². The Morgan fingerprint density at radius 2 is 2.04 bits per heavy atom. The number of nitrogens with one attached hydrogen (secondary N) is 1. The van der Waals surface area contributed by atoms with Crippen LogP contribution in [-0.2, 0) is 0 Å². The molecule has 27 heavy (non-hydrogen) atoms. The van der Waals surface area contributed by atoms with Gasteiger partial charge >= 0.3 is 6.03 Å².